The van der Waals surface area contributed by atoms with Gasteiger partial charge in [-0.25, -0.2) is 4.79 Å². The summed E-state index contributed by atoms with van der Waals surface area (Å²) in [4.78, 5) is 11.8. The molecule has 2 N–H and O–H groups in total. The molecule has 2 fully saturated rings. The Bertz CT molecular complexity index is 391. The minimum absolute atomic E-state index is 0.288. The van der Waals surface area contributed by atoms with Crippen molar-refractivity contribution in [2.24, 2.45) is 17.8 Å². The van der Waals surface area contributed by atoms with Crippen LogP contribution in [0.25, 0.3) is 0 Å². The molecule has 0 aromatic rings. The number of ether oxygens (including phenoxy) is 1. The normalized spacial score (nSPS) is 34.6. The second kappa shape index (κ2) is 7.87. The van der Waals surface area contributed by atoms with Gasteiger partial charge in [-0.05, 0) is 64.2 Å². The number of rotatable bonds is 5. The smallest absolute Gasteiger partial charge is 0.407 e. The van der Waals surface area contributed by atoms with Crippen LogP contribution in [0.3, 0.4) is 0 Å². The summed E-state index contributed by atoms with van der Waals surface area (Å²) < 4.78 is 5.34. The molecule has 2 aliphatic carbocycles. The van der Waals surface area contributed by atoms with Gasteiger partial charge in [-0.2, -0.15) is 0 Å². The minimum Gasteiger partial charge on any atom is -0.444 e. The summed E-state index contributed by atoms with van der Waals surface area (Å²) >= 11 is 0. The predicted octanol–water partition coefficient (Wildman–Crippen LogP) is 4.09. The Kier molecular flexibility index (Phi) is 6.35. The number of hydrogen-bond acceptors (Lipinski definition) is 3. The van der Waals surface area contributed by atoms with Crippen molar-refractivity contribution >= 4 is 6.09 Å². The maximum absolute atomic E-state index is 11.8. The molecular weight excluding hydrogens is 288 g/mol. The molecule has 0 aliphatic heterocycles. The molecule has 0 spiro atoms. The van der Waals surface area contributed by atoms with Crippen LogP contribution in [0, 0.1) is 17.8 Å². The molecule has 2 aliphatic rings. The van der Waals surface area contributed by atoms with Crippen LogP contribution < -0.4 is 10.6 Å². The van der Waals surface area contributed by atoms with Crippen molar-refractivity contribution in [2.75, 3.05) is 6.54 Å². The van der Waals surface area contributed by atoms with Crippen LogP contribution in [0.15, 0.2) is 0 Å². The highest BCUT2D eigenvalue weighted by atomic mass is 16.6. The quantitative estimate of drug-likeness (QED) is 0.800. The molecule has 1 amide bonds. The Morgan fingerprint density at radius 2 is 1.83 bits per heavy atom. The van der Waals surface area contributed by atoms with Gasteiger partial charge in [0.1, 0.15) is 5.60 Å². The molecule has 23 heavy (non-hydrogen) atoms. The summed E-state index contributed by atoms with van der Waals surface area (Å²) in [6.07, 6.45) is 7.38. The van der Waals surface area contributed by atoms with Gasteiger partial charge in [-0.3, -0.25) is 0 Å². The number of amides is 1. The Morgan fingerprint density at radius 1 is 1.09 bits per heavy atom. The molecule has 4 heteroatoms. The largest absolute Gasteiger partial charge is 0.444 e. The molecule has 0 heterocycles. The van der Waals surface area contributed by atoms with Gasteiger partial charge in [0, 0.05) is 18.6 Å². The molecular formula is C19H36N2O2. The van der Waals surface area contributed by atoms with Crippen molar-refractivity contribution in [2.45, 2.75) is 90.8 Å². The molecule has 2 saturated carbocycles. The van der Waals surface area contributed by atoms with Crippen molar-refractivity contribution < 1.29 is 9.53 Å². The zero-order valence-electron chi connectivity index (χ0n) is 15.7. The fraction of sp³-hybridized carbons (Fsp3) is 0.947. The van der Waals surface area contributed by atoms with E-state index in [4.69, 9.17) is 4.74 Å². The van der Waals surface area contributed by atoms with Gasteiger partial charge < -0.3 is 15.4 Å². The average molecular weight is 325 g/mol. The number of hydrogen-bond donors (Lipinski definition) is 2. The van der Waals surface area contributed by atoms with Gasteiger partial charge >= 0.3 is 6.09 Å². The predicted molar refractivity (Wildman–Crippen MR) is 94.5 cm³/mol. The van der Waals surface area contributed by atoms with E-state index in [9.17, 15) is 4.79 Å². The molecule has 0 aromatic heterocycles. The van der Waals surface area contributed by atoms with E-state index in [2.05, 4.69) is 24.5 Å². The standard InChI is InChI=1S/C19H36N2O2/c1-6-14-10-11-16(13(14)2)21-17-9-7-8-15(17)12-20-18(22)23-19(3,4)5/h13-17,21H,6-12H2,1-5H3,(H,20,22). The fourth-order valence-corrected chi connectivity index (χ4v) is 4.36. The highest BCUT2D eigenvalue weighted by Crippen LogP contribution is 2.36. The monoisotopic (exact) mass is 324 g/mol. The lowest BCUT2D eigenvalue weighted by Gasteiger charge is -2.29. The van der Waals surface area contributed by atoms with E-state index in [0.29, 0.717) is 18.0 Å². The minimum atomic E-state index is -0.425. The zero-order chi connectivity index (χ0) is 17.0. The van der Waals surface area contributed by atoms with Crippen LogP contribution in [0.4, 0.5) is 4.79 Å². The van der Waals surface area contributed by atoms with E-state index < -0.39 is 5.60 Å². The molecule has 0 bridgehead atoms. The number of nitrogens with one attached hydrogen (secondary N) is 2. The number of carbonyl (C=O) groups excluding carboxylic acids is 1. The summed E-state index contributed by atoms with van der Waals surface area (Å²) in [7, 11) is 0. The van der Waals surface area contributed by atoms with Crippen LogP contribution in [-0.4, -0.2) is 30.3 Å². The Labute approximate surface area is 142 Å². The van der Waals surface area contributed by atoms with Crippen molar-refractivity contribution in [1.29, 1.82) is 0 Å². The molecule has 2 rings (SSSR count). The van der Waals surface area contributed by atoms with E-state index in [0.717, 1.165) is 18.4 Å². The first kappa shape index (κ1) is 18.6. The Morgan fingerprint density at radius 3 is 2.43 bits per heavy atom. The maximum atomic E-state index is 11.8. The second-order valence-electron chi connectivity index (χ2n) is 8.56. The van der Waals surface area contributed by atoms with Crippen LogP contribution in [-0.2, 0) is 4.74 Å². The van der Waals surface area contributed by atoms with Crippen LogP contribution in [0.2, 0.25) is 0 Å². The lowest BCUT2D eigenvalue weighted by atomic mass is 9.92. The average Bonchev–Trinajstić information content (AvgIpc) is 3.03. The third-order valence-corrected chi connectivity index (χ3v) is 5.75. The summed E-state index contributed by atoms with van der Waals surface area (Å²) in [5, 5.41) is 6.89. The summed E-state index contributed by atoms with van der Waals surface area (Å²) in [6.45, 7) is 11.1. The van der Waals surface area contributed by atoms with Crippen LogP contribution in [0.5, 0.6) is 0 Å². The molecule has 5 atom stereocenters. The molecule has 0 saturated heterocycles. The molecule has 0 radical (unpaired) electrons. The highest BCUT2D eigenvalue weighted by Gasteiger charge is 2.36. The van der Waals surface area contributed by atoms with Gasteiger partial charge in [-0.15, -0.1) is 0 Å². The van der Waals surface area contributed by atoms with Crippen LogP contribution in [0.1, 0.15) is 73.1 Å². The van der Waals surface area contributed by atoms with Gasteiger partial charge in [-0.1, -0.05) is 26.7 Å². The van der Waals surface area contributed by atoms with Gasteiger partial charge in [0.2, 0.25) is 0 Å². The lowest BCUT2D eigenvalue weighted by molar-refractivity contribution is 0.0517. The molecule has 0 aromatic carbocycles. The van der Waals surface area contributed by atoms with Crippen molar-refractivity contribution in [1.82, 2.24) is 10.6 Å². The Balaban J connectivity index is 1.78. The van der Waals surface area contributed by atoms with Crippen LogP contribution >= 0.6 is 0 Å². The van der Waals surface area contributed by atoms with E-state index in [1.807, 2.05) is 20.8 Å². The third-order valence-electron chi connectivity index (χ3n) is 5.75. The lowest BCUT2D eigenvalue weighted by Crippen LogP contribution is -2.45. The SMILES string of the molecule is CCC1CCC(NC2CCCC2CNC(=O)OC(C)(C)C)C1C. The van der Waals surface area contributed by atoms with Crippen molar-refractivity contribution in [3.8, 4) is 0 Å². The summed E-state index contributed by atoms with van der Waals surface area (Å²) in [5.41, 5.74) is -0.425. The highest BCUT2D eigenvalue weighted by molar-refractivity contribution is 5.67. The van der Waals surface area contributed by atoms with Crippen molar-refractivity contribution in [3.63, 3.8) is 0 Å². The fourth-order valence-electron chi connectivity index (χ4n) is 4.36. The van der Waals surface area contributed by atoms with E-state index >= 15 is 0 Å². The first-order valence-electron chi connectivity index (χ1n) is 9.53. The Hall–Kier alpha value is -0.770. The number of carbonyl (C=O) groups is 1. The topological polar surface area (TPSA) is 50.4 Å². The van der Waals surface area contributed by atoms with E-state index in [1.165, 1.54) is 38.5 Å². The second-order valence-corrected chi connectivity index (χ2v) is 8.56. The first-order chi connectivity index (χ1) is 10.8. The molecule has 134 valence electrons. The number of alkyl carbamates (subject to hydrolysis) is 1. The first-order valence-corrected chi connectivity index (χ1v) is 9.53. The van der Waals surface area contributed by atoms with Gasteiger partial charge in [0.15, 0.2) is 0 Å². The molecule has 4 nitrogen and oxygen atoms in total. The third kappa shape index (κ3) is 5.37. The van der Waals surface area contributed by atoms with Crippen molar-refractivity contribution in [3.05, 3.63) is 0 Å². The summed E-state index contributed by atoms with van der Waals surface area (Å²) in [5.74, 6) is 2.20. The zero-order valence-corrected chi connectivity index (χ0v) is 15.7. The van der Waals surface area contributed by atoms with E-state index in [-0.39, 0.29) is 6.09 Å². The maximum Gasteiger partial charge on any atom is 0.407 e. The van der Waals surface area contributed by atoms with E-state index in [1.54, 1.807) is 0 Å². The summed E-state index contributed by atoms with van der Waals surface area (Å²) in [6, 6.07) is 1.21. The van der Waals surface area contributed by atoms with Gasteiger partial charge in [0.05, 0.1) is 0 Å². The van der Waals surface area contributed by atoms with Gasteiger partial charge in [0.25, 0.3) is 0 Å². The molecule has 5 unspecified atom stereocenters.